The van der Waals surface area contributed by atoms with E-state index in [-0.39, 0.29) is 12.4 Å². The van der Waals surface area contributed by atoms with Crippen LogP contribution in [0.3, 0.4) is 0 Å². The number of ether oxygens (including phenoxy) is 1. The Morgan fingerprint density at radius 1 is 1.50 bits per heavy atom. The molecular weight excluding hydrogens is 237 g/mol. The average molecular weight is 251 g/mol. The van der Waals surface area contributed by atoms with Gasteiger partial charge in [0.25, 0.3) is 0 Å². The molecule has 0 saturated heterocycles. The third kappa shape index (κ3) is 2.84. The van der Waals surface area contributed by atoms with Crippen molar-refractivity contribution in [2.45, 2.75) is 19.6 Å². The molecule has 0 amide bonds. The minimum absolute atomic E-state index is 0.130. The van der Waals surface area contributed by atoms with Crippen LogP contribution in [-0.2, 0) is 13.7 Å². The highest BCUT2D eigenvalue weighted by atomic mass is 19.1. The first kappa shape index (κ1) is 12.5. The summed E-state index contributed by atoms with van der Waals surface area (Å²) >= 11 is 0. The minimum atomic E-state index is -0.700. The molecule has 0 aliphatic carbocycles. The molecular formula is C12H14FN3O2. The highest BCUT2D eigenvalue weighted by Gasteiger charge is 2.08. The first-order valence-corrected chi connectivity index (χ1v) is 5.52. The number of aryl methyl sites for hydroxylation is 1. The van der Waals surface area contributed by atoms with E-state index in [1.807, 2.05) is 0 Å². The van der Waals surface area contributed by atoms with Crippen LogP contribution in [0, 0.1) is 5.82 Å². The maximum absolute atomic E-state index is 13.6. The molecule has 96 valence electrons. The Morgan fingerprint density at radius 2 is 2.28 bits per heavy atom. The molecule has 1 heterocycles. The highest BCUT2D eigenvalue weighted by Crippen LogP contribution is 2.22. The lowest BCUT2D eigenvalue weighted by atomic mass is 10.1. The third-order valence-corrected chi connectivity index (χ3v) is 2.46. The van der Waals surface area contributed by atoms with E-state index in [4.69, 9.17) is 4.74 Å². The molecule has 2 aromatic rings. The van der Waals surface area contributed by atoms with Crippen LogP contribution in [-0.4, -0.2) is 20.1 Å². The molecule has 0 radical (unpaired) electrons. The molecule has 18 heavy (non-hydrogen) atoms. The molecule has 2 rings (SSSR count). The molecule has 5 nitrogen and oxygen atoms in total. The number of hydrogen-bond donors (Lipinski definition) is 1. The largest absolute Gasteiger partial charge is 0.484 e. The van der Waals surface area contributed by atoms with E-state index in [1.54, 1.807) is 30.9 Å². The van der Waals surface area contributed by atoms with Crippen LogP contribution >= 0.6 is 0 Å². The second kappa shape index (κ2) is 5.14. The molecule has 0 aliphatic heterocycles. The fraction of sp³-hybridized carbons (Fsp3) is 0.333. The SMILES string of the molecule is CC(O)c1ccc(OCc2cn(C)nn2)c(F)c1. The molecule has 1 aromatic carbocycles. The summed E-state index contributed by atoms with van der Waals surface area (Å²) in [5.41, 5.74) is 1.14. The van der Waals surface area contributed by atoms with Crippen molar-refractivity contribution in [3.05, 3.63) is 41.5 Å². The summed E-state index contributed by atoms with van der Waals surface area (Å²) in [5, 5.41) is 16.9. The Morgan fingerprint density at radius 3 is 2.83 bits per heavy atom. The lowest BCUT2D eigenvalue weighted by Gasteiger charge is -2.08. The summed E-state index contributed by atoms with van der Waals surface area (Å²) in [7, 11) is 1.74. The van der Waals surface area contributed by atoms with Crippen LogP contribution in [0.4, 0.5) is 4.39 Å². The van der Waals surface area contributed by atoms with Gasteiger partial charge in [-0.25, -0.2) is 4.39 Å². The number of rotatable bonds is 4. The maximum Gasteiger partial charge on any atom is 0.165 e. The van der Waals surface area contributed by atoms with E-state index < -0.39 is 11.9 Å². The number of benzene rings is 1. The van der Waals surface area contributed by atoms with E-state index in [2.05, 4.69) is 10.3 Å². The van der Waals surface area contributed by atoms with Gasteiger partial charge in [-0.1, -0.05) is 11.3 Å². The van der Waals surface area contributed by atoms with Crippen LogP contribution in [0.2, 0.25) is 0 Å². The first-order chi connectivity index (χ1) is 8.56. The lowest BCUT2D eigenvalue weighted by molar-refractivity contribution is 0.198. The number of halogens is 1. The Kier molecular flexibility index (Phi) is 3.57. The molecule has 0 saturated carbocycles. The van der Waals surface area contributed by atoms with Gasteiger partial charge in [-0.3, -0.25) is 4.68 Å². The predicted molar refractivity (Wildman–Crippen MR) is 62.4 cm³/mol. The fourth-order valence-electron chi connectivity index (χ4n) is 1.51. The fourth-order valence-corrected chi connectivity index (χ4v) is 1.51. The van der Waals surface area contributed by atoms with Gasteiger partial charge in [-0.2, -0.15) is 0 Å². The van der Waals surface area contributed by atoms with Crippen molar-refractivity contribution in [3.8, 4) is 5.75 Å². The number of hydrogen-bond acceptors (Lipinski definition) is 4. The van der Waals surface area contributed by atoms with Crippen molar-refractivity contribution in [3.63, 3.8) is 0 Å². The molecule has 1 atom stereocenters. The second-order valence-electron chi connectivity index (χ2n) is 4.04. The van der Waals surface area contributed by atoms with Gasteiger partial charge < -0.3 is 9.84 Å². The van der Waals surface area contributed by atoms with Gasteiger partial charge >= 0.3 is 0 Å². The molecule has 0 fully saturated rings. The Hall–Kier alpha value is -1.95. The van der Waals surface area contributed by atoms with Crippen molar-refractivity contribution in [1.29, 1.82) is 0 Å². The van der Waals surface area contributed by atoms with Crippen LogP contribution in [0.5, 0.6) is 5.75 Å². The molecule has 0 bridgehead atoms. The summed E-state index contributed by atoms with van der Waals surface area (Å²) in [6.07, 6.45) is 0.996. The van der Waals surface area contributed by atoms with Crippen LogP contribution in [0.15, 0.2) is 24.4 Å². The number of aliphatic hydroxyl groups is 1. The van der Waals surface area contributed by atoms with Gasteiger partial charge in [0, 0.05) is 7.05 Å². The Bertz CT molecular complexity index is 540. The zero-order valence-electron chi connectivity index (χ0n) is 10.2. The third-order valence-electron chi connectivity index (χ3n) is 2.46. The first-order valence-electron chi connectivity index (χ1n) is 5.52. The van der Waals surface area contributed by atoms with E-state index in [1.165, 1.54) is 12.1 Å². The van der Waals surface area contributed by atoms with Crippen molar-refractivity contribution in [2.75, 3.05) is 0 Å². The van der Waals surface area contributed by atoms with E-state index in [0.29, 0.717) is 11.3 Å². The zero-order valence-corrected chi connectivity index (χ0v) is 10.2. The number of nitrogens with zero attached hydrogens (tertiary/aromatic N) is 3. The normalized spacial score (nSPS) is 12.4. The van der Waals surface area contributed by atoms with E-state index >= 15 is 0 Å². The maximum atomic E-state index is 13.6. The van der Waals surface area contributed by atoms with E-state index in [0.717, 1.165) is 0 Å². The number of aromatic nitrogens is 3. The average Bonchev–Trinajstić information content (AvgIpc) is 2.73. The Labute approximate surface area is 104 Å². The van der Waals surface area contributed by atoms with Crippen molar-refractivity contribution >= 4 is 0 Å². The predicted octanol–water partition coefficient (Wildman–Crippen LogP) is 1.59. The molecule has 1 N–H and O–H groups in total. The van der Waals surface area contributed by atoms with Gasteiger partial charge in [0.05, 0.1) is 12.3 Å². The second-order valence-corrected chi connectivity index (χ2v) is 4.04. The topological polar surface area (TPSA) is 60.2 Å². The van der Waals surface area contributed by atoms with Gasteiger partial charge in [-0.15, -0.1) is 5.10 Å². The monoisotopic (exact) mass is 251 g/mol. The summed E-state index contributed by atoms with van der Waals surface area (Å²) in [4.78, 5) is 0. The highest BCUT2D eigenvalue weighted by molar-refractivity contribution is 5.30. The van der Waals surface area contributed by atoms with Gasteiger partial charge in [0.1, 0.15) is 12.3 Å². The van der Waals surface area contributed by atoms with Crippen LogP contribution < -0.4 is 4.74 Å². The van der Waals surface area contributed by atoms with Gasteiger partial charge in [0.2, 0.25) is 0 Å². The van der Waals surface area contributed by atoms with Crippen molar-refractivity contribution < 1.29 is 14.2 Å². The molecule has 1 unspecified atom stereocenters. The summed E-state index contributed by atoms with van der Waals surface area (Å²) in [5.74, 6) is -0.373. The van der Waals surface area contributed by atoms with Crippen molar-refractivity contribution in [1.82, 2.24) is 15.0 Å². The smallest absolute Gasteiger partial charge is 0.165 e. The van der Waals surface area contributed by atoms with E-state index in [9.17, 15) is 9.50 Å². The summed E-state index contributed by atoms with van der Waals surface area (Å²) in [6, 6.07) is 4.38. The lowest BCUT2D eigenvalue weighted by Crippen LogP contribution is -1.99. The van der Waals surface area contributed by atoms with Crippen LogP contribution in [0.25, 0.3) is 0 Å². The molecule has 1 aromatic heterocycles. The quantitative estimate of drug-likeness (QED) is 0.896. The number of aliphatic hydroxyl groups excluding tert-OH is 1. The van der Waals surface area contributed by atoms with Crippen molar-refractivity contribution in [2.24, 2.45) is 7.05 Å². The van der Waals surface area contributed by atoms with Crippen LogP contribution in [0.1, 0.15) is 24.3 Å². The molecule has 0 spiro atoms. The summed E-state index contributed by atoms with van der Waals surface area (Å²) < 4.78 is 20.5. The van der Waals surface area contributed by atoms with Gasteiger partial charge in [0.15, 0.2) is 11.6 Å². The molecule has 6 heteroatoms. The summed E-state index contributed by atoms with van der Waals surface area (Å²) in [6.45, 7) is 1.73. The Balaban J connectivity index is 2.05. The molecule has 0 aliphatic rings. The standard InChI is InChI=1S/C12H14FN3O2/c1-8(17)9-3-4-12(11(13)5-9)18-7-10-6-16(2)15-14-10/h3-6,8,17H,7H2,1-2H3. The van der Waals surface area contributed by atoms with Gasteiger partial charge in [-0.05, 0) is 24.6 Å². The minimum Gasteiger partial charge on any atom is -0.484 e. The zero-order chi connectivity index (χ0) is 13.1.